The zero-order valence-corrected chi connectivity index (χ0v) is 18.1. The van der Waals surface area contributed by atoms with Crippen molar-refractivity contribution in [1.29, 1.82) is 0 Å². The van der Waals surface area contributed by atoms with Crippen LogP contribution in [0.15, 0.2) is 36.5 Å². The zero-order valence-electron chi connectivity index (χ0n) is 18.1. The van der Waals surface area contributed by atoms with Crippen LogP contribution in [-0.2, 0) is 13.0 Å². The van der Waals surface area contributed by atoms with Gasteiger partial charge in [-0.05, 0) is 42.5 Å². The smallest absolute Gasteiger partial charge is 0.321 e. The average Bonchev–Trinajstić information content (AvgIpc) is 3.33. The molecule has 1 saturated heterocycles. The first-order valence-corrected chi connectivity index (χ1v) is 10.6. The van der Waals surface area contributed by atoms with Gasteiger partial charge in [-0.3, -0.25) is 0 Å². The molecule has 1 aliphatic heterocycles. The maximum atomic E-state index is 13.9. The van der Waals surface area contributed by atoms with Gasteiger partial charge in [-0.15, -0.1) is 0 Å². The Labute approximate surface area is 181 Å². The van der Waals surface area contributed by atoms with Crippen LogP contribution in [0.3, 0.4) is 0 Å². The lowest BCUT2D eigenvalue weighted by atomic mass is 10.0. The van der Waals surface area contributed by atoms with Gasteiger partial charge in [0.15, 0.2) is 17.2 Å². The van der Waals surface area contributed by atoms with Crippen LogP contribution in [0.2, 0.25) is 0 Å². The average molecular weight is 426 g/mol. The SMILES string of the molecule is COc1ccc(NC(=O)N2CCC(Cc3nc4cccnc4n3CC(C)C)C2)cc1F. The molecule has 3 heterocycles. The van der Waals surface area contributed by atoms with Crippen LogP contribution in [-0.4, -0.2) is 45.7 Å². The third kappa shape index (κ3) is 4.62. The van der Waals surface area contributed by atoms with Crippen molar-refractivity contribution in [2.24, 2.45) is 11.8 Å². The van der Waals surface area contributed by atoms with E-state index in [9.17, 15) is 9.18 Å². The minimum Gasteiger partial charge on any atom is -0.494 e. The molecule has 2 amide bonds. The van der Waals surface area contributed by atoms with Gasteiger partial charge in [-0.25, -0.2) is 19.2 Å². The summed E-state index contributed by atoms with van der Waals surface area (Å²) >= 11 is 0. The molecule has 1 atom stereocenters. The quantitative estimate of drug-likeness (QED) is 0.638. The monoisotopic (exact) mass is 425 g/mol. The maximum Gasteiger partial charge on any atom is 0.321 e. The van der Waals surface area contributed by atoms with Gasteiger partial charge in [0.2, 0.25) is 0 Å². The summed E-state index contributed by atoms with van der Waals surface area (Å²) in [5.41, 5.74) is 2.24. The second-order valence-corrected chi connectivity index (χ2v) is 8.46. The molecule has 0 radical (unpaired) electrons. The van der Waals surface area contributed by atoms with Crippen LogP contribution >= 0.6 is 0 Å². The first kappa shape index (κ1) is 21.1. The van der Waals surface area contributed by atoms with Crippen LogP contribution in [0.25, 0.3) is 11.2 Å². The van der Waals surface area contributed by atoms with Crippen LogP contribution in [0.5, 0.6) is 5.75 Å². The number of likely N-dealkylation sites (tertiary alicyclic amines) is 1. The van der Waals surface area contributed by atoms with Gasteiger partial charge in [0.1, 0.15) is 11.3 Å². The Morgan fingerprint density at radius 1 is 1.35 bits per heavy atom. The number of hydrogen-bond donors (Lipinski definition) is 1. The molecule has 1 fully saturated rings. The molecule has 31 heavy (non-hydrogen) atoms. The number of imidazole rings is 1. The van der Waals surface area contributed by atoms with Crippen molar-refractivity contribution in [3.8, 4) is 5.75 Å². The number of amides is 2. The highest BCUT2D eigenvalue weighted by atomic mass is 19.1. The second-order valence-electron chi connectivity index (χ2n) is 8.46. The fraction of sp³-hybridized carbons (Fsp3) is 0.435. The third-order valence-electron chi connectivity index (χ3n) is 5.58. The third-order valence-corrected chi connectivity index (χ3v) is 5.58. The van der Waals surface area contributed by atoms with Gasteiger partial charge in [-0.2, -0.15) is 0 Å². The lowest BCUT2D eigenvalue weighted by Crippen LogP contribution is -2.33. The molecule has 0 aliphatic carbocycles. The molecule has 4 rings (SSSR count). The molecule has 8 heteroatoms. The molecule has 0 saturated carbocycles. The predicted octanol–water partition coefficient (Wildman–Crippen LogP) is 4.33. The van der Waals surface area contributed by atoms with Crippen LogP contribution in [0, 0.1) is 17.7 Å². The maximum absolute atomic E-state index is 13.9. The number of aromatic nitrogens is 3. The van der Waals surface area contributed by atoms with Gasteiger partial charge in [-0.1, -0.05) is 13.8 Å². The summed E-state index contributed by atoms with van der Waals surface area (Å²) in [5, 5.41) is 2.78. The molecule has 0 spiro atoms. The van der Waals surface area contributed by atoms with Gasteiger partial charge < -0.3 is 19.5 Å². The van der Waals surface area contributed by atoms with Gasteiger partial charge in [0.25, 0.3) is 0 Å². The lowest BCUT2D eigenvalue weighted by molar-refractivity contribution is 0.220. The Bertz CT molecular complexity index is 1080. The summed E-state index contributed by atoms with van der Waals surface area (Å²) in [6.45, 7) is 6.54. The summed E-state index contributed by atoms with van der Waals surface area (Å²) in [4.78, 5) is 23.8. The van der Waals surface area contributed by atoms with E-state index in [1.165, 1.54) is 19.2 Å². The molecule has 7 nitrogen and oxygen atoms in total. The molecule has 0 bridgehead atoms. The van der Waals surface area contributed by atoms with E-state index >= 15 is 0 Å². The highest BCUT2D eigenvalue weighted by Gasteiger charge is 2.28. The molecule has 1 unspecified atom stereocenters. The number of carbonyl (C=O) groups excluding carboxylic acids is 1. The van der Waals surface area contributed by atoms with E-state index < -0.39 is 5.82 Å². The Hall–Kier alpha value is -3.16. The molecule has 1 aliphatic rings. The first-order chi connectivity index (χ1) is 14.9. The molecule has 3 aromatic rings. The van der Waals surface area contributed by atoms with Crippen molar-refractivity contribution < 1.29 is 13.9 Å². The van der Waals surface area contributed by atoms with Gasteiger partial charge in [0, 0.05) is 44.0 Å². The van der Waals surface area contributed by atoms with Crippen LogP contribution < -0.4 is 10.1 Å². The number of urea groups is 1. The predicted molar refractivity (Wildman–Crippen MR) is 118 cm³/mol. The molecular weight excluding hydrogens is 397 g/mol. The van der Waals surface area contributed by atoms with E-state index in [1.807, 2.05) is 12.1 Å². The Morgan fingerprint density at radius 2 is 2.19 bits per heavy atom. The number of anilines is 1. The number of nitrogens with one attached hydrogen (secondary N) is 1. The standard InChI is InChI=1S/C23H28FN5O2/c1-15(2)13-29-21(27-19-5-4-9-25-22(19)29)11-16-8-10-28(14-16)23(30)26-17-6-7-20(31-3)18(24)12-17/h4-7,9,12,15-16H,8,10-11,13-14H2,1-3H3,(H,26,30). The summed E-state index contributed by atoms with van der Waals surface area (Å²) in [5.74, 6) is 1.47. The lowest BCUT2D eigenvalue weighted by Gasteiger charge is -2.18. The van der Waals surface area contributed by atoms with Crippen molar-refractivity contribution in [3.63, 3.8) is 0 Å². The number of nitrogens with zero attached hydrogens (tertiary/aromatic N) is 4. The minimum atomic E-state index is -0.503. The molecular formula is C23H28FN5O2. The Kier molecular flexibility index (Phi) is 6.06. The van der Waals surface area contributed by atoms with E-state index in [2.05, 4.69) is 28.7 Å². The van der Waals surface area contributed by atoms with Crippen molar-refractivity contribution >= 4 is 22.9 Å². The zero-order chi connectivity index (χ0) is 22.0. The molecule has 1 N–H and O–H groups in total. The molecule has 164 valence electrons. The Morgan fingerprint density at radius 3 is 2.94 bits per heavy atom. The number of methoxy groups -OCH3 is 1. The number of fused-ring (bicyclic) bond motifs is 1. The summed E-state index contributed by atoms with van der Waals surface area (Å²) in [6.07, 6.45) is 3.50. The van der Waals surface area contributed by atoms with Crippen molar-refractivity contribution in [3.05, 3.63) is 48.2 Å². The van der Waals surface area contributed by atoms with E-state index in [-0.39, 0.29) is 11.8 Å². The summed E-state index contributed by atoms with van der Waals surface area (Å²) < 4.78 is 21.0. The van der Waals surface area contributed by atoms with Crippen molar-refractivity contribution in [2.75, 3.05) is 25.5 Å². The minimum absolute atomic E-state index is 0.151. The number of carbonyl (C=O) groups is 1. The fourth-order valence-corrected chi connectivity index (χ4v) is 4.11. The van der Waals surface area contributed by atoms with Crippen LogP contribution in [0.4, 0.5) is 14.9 Å². The van der Waals surface area contributed by atoms with E-state index in [1.54, 1.807) is 17.2 Å². The summed E-state index contributed by atoms with van der Waals surface area (Å²) in [7, 11) is 1.41. The highest BCUT2D eigenvalue weighted by Crippen LogP contribution is 2.25. The number of benzene rings is 1. The first-order valence-electron chi connectivity index (χ1n) is 10.6. The molecule has 2 aromatic heterocycles. The van der Waals surface area contributed by atoms with Crippen LogP contribution in [0.1, 0.15) is 26.1 Å². The largest absolute Gasteiger partial charge is 0.494 e. The summed E-state index contributed by atoms with van der Waals surface area (Å²) in [6, 6.07) is 8.09. The van der Waals surface area contributed by atoms with Crippen molar-refractivity contribution in [1.82, 2.24) is 19.4 Å². The number of hydrogen-bond acceptors (Lipinski definition) is 4. The van der Waals surface area contributed by atoms with Gasteiger partial charge in [0.05, 0.1) is 7.11 Å². The number of ether oxygens (including phenoxy) is 1. The topological polar surface area (TPSA) is 72.3 Å². The van der Waals surface area contributed by atoms with Crippen molar-refractivity contribution in [2.45, 2.75) is 33.2 Å². The van der Waals surface area contributed by atoms with E-state index in [0.29, 0.717) is 30.6 Å². The second kappa shape index (κ2) is 8.91. The van der Waals surface area contributed by atoms with Gasteiger partial charge >= 0.3 is 6.03 Å². The van der Waals surface area contributed by atoms with E-state index in [4.69, 9.17) is 9.72 Å². The number of rotatable bonds is 6. The number of halogens is 1. The number of pyridine rings is 1. The normalized spacial score (nSPS) is 16.3. The molecule has 1 aromatic carbocycles. The Balaban J connectivity index is 1.42. The van der Waals surface area contributed by atoms with E-state index in [0.717, 1.165) is 36.4 Å². The fourth-order valence-electron chi connectivity index (χ4n) is 4.11. The highest BCUT2D eigenvalue weighted by molar-refractivity contribution is 5.89.